The molecule has 0 amide bonds. The van der Waals surface area contributed by atoms with Gasteiger partial charge < -0.3 is 22.8 Å². The van der Waals surface area contributed by atoms with Gasteiger partial charge in [-0.1, -0.05) is 46.1 Å². The smallest absolute Gasteiger partial charge is 0.333 e. The minimum absolute atomic E-state index is 0.174. The summed E-state index contributed by atoms with van der Waals surface area (Å²) in [6, 6.07) is 1.90. The molecule has 0 aliphatic heterocycles. The van der Waals surface area contributed by atoms with Gasteiger partial charge in [0.25, 0.3) is 0 Å². The van der Waals surface area contributed by atoms with E-state index in [-0.39, 0.29) is 22.2 Å². The van der Waals surface area contributed by atoms with Gasteiger partial charge in [0.15, 0.2) is 17.4 Å². The van der Waals surface area contributed by atoms with Crippen LogP contribution in [-0.2, 0) is 32.3 Å². The van der Waals surface area contributed by atoms with E-state index in [4.69, 9.17) is 22.8 Å². The second kappa shape index (κ2) is 15.8. The van der Waals surface area contributed by atoms with Crippen molar-refractivity contribution >= 4 is 45.7 Å². The number of esters is 2. The minimum atomic E-state index is -2.40. The van der Waals surface area contributed by atoms with Gasteiger partial charge in [0.1, 0.15) is 0 Å². The molecule has 0 bridgehead atoms. The topological polar surface area (TPSA) is 80.3 Å². The molecule has 0 fully saturated rings. The van der Waals surface area contributed by atoms with Crippen LogP contribution in [0.4, 0.5) is 0 Å². The Morgan fingerprint density at radius 2 is 1.09 bits per heavy atom. The van der Waals surface area contributed by atoms with Crippen molar-refractivity contribution in [1.29, 1.82) is 0 Å². The van der Waals surface area contributed by atoms with Crippen LogP contribution in [0, 0.1) is 0 Å². The highest BCUT2D eigenvalue weighted by atomic mass is 28.4. The first-order chi connectivity index (χ1) is 19.4. The molecule has 258 valence electrons. The maximum atomic E-state index is 11.8. The zero-order valence-electron chi connectivity index (χ0n) is 31.6. The average molecular weight is 689 g/mol. The van der Waals surface area contributed by atoms with Crippen LogP contribution in [0.1, 0.15) is 82.1 Å². The summed E-state index contributed by atoms with van der Waals surface area (Å²) in [5.41, 5.74) is 0.420. The summed E-state index contributed by atoms with van der Waals surface area (Å²) in [6.45, 7) is 45.4. The lowest BCUT2D eigenvalue weighted by atomic mass is 9.94. The number of carbonyl (C=O) groups excluding carboxylic acids is 2. The SMILES string of the molecule is C=C(C)C(=O)OCCC[Si](C)(C)OC(C)(C)[Si](C)(C)OC(C)(C)C(C)(C)[SiH](C)OC(C)(C)[Si](C)(C)CCCOC(=O)C(=C)C. The van der Waals surface area contributed by atoms with Crippen LogP contribution in [0.2, 0.25) is 63.0 Å². The summed E-state index contributed by atoms with van der Waals surface area (Å²) in [5, 5.41) is -0.835. The van der Waals surface area contributed by atoms with Gasteiger partial charge in [0.05, 0.1) is 32.1 Å². The second-order valence-electron chi connectivity index (χ2n) is 16.4. The number of ether oxygens (including phenoxy) is 2. The van der Waals surface area contributed by atoms with Crippen LogP contribution in [-0.4, -0.2) is 75.0 Å². The highest BCUT2D eigenvalue weighted by molar-refractivity contribution is 6.80. The van der Waals surface area contributed by atoms with Crippen molar-refractivity contribution in [3.63, 3.8) is 0 Å². The first-order valence-corrected chi connectivity index (χ1v) is 27.6. The molecule has 0 rings (SSSR count). The lowest BCUT2D eigenvalue weighted by Crippen LogP contribution is -2.64. The molecular formula is C33H68O7Si4. The van der Waals surface area contributed by atoms with E-state index in [9.17, 15) is 9.59 Å². The van der Waals surface area contributed by atoms with Crippen molar-refractivity contribution in [2.75, 3.05) is 13.2 Å². The van der Waals surface area contributed by atoms with Gasteiger partial charge in [-0.3, -0.25) is 0 Å². The highest BCUT2D eigenvalue weighted by Crippen LogP contribution is 2.48. The molecule has 0 saturated carbocycles. The predicted molar refractivity (Wildman–Crippen MR) is 195 cm³/mol. The van der Waals surface area contributed by atoms with E-state index in [1.165, 1.54) is 0 Å². The third-order valence-corrected chi connectivity index (χ3v) is 25.9. The first-order valence-electron chi connectivity index (χ1n) is 16.2. The largest absolute Gasteiger partial charge is 0.462 e. The van der Waals surface area contributed by atoms with Crippen LogP contribution in [0.5, 0.6) is 0 Å². The number of rotatable bonds is 20. The molecule has 0 N–H and O–H groups in total. The Morgan fingerprint density at radius 3 is 1.50 bits per heavy atom. The molecule has 0 saturated heterocycles. The monoisotopic (exact) mass is 688 g/mol. The van der Waals surface area contributed by atoms with E-state index in [1.807, 2.05) is 0 Å². The summed E-state index contributed by atoms with van der Waals surface area (Å²) in [4.78, 5) is 23.5. The molecule has 0 aliphatic rings. The third kappa shape index (κ3) is 12.4. The van der Waals surface area contributed by atoms with Crippen LogP contribution < -0.4 is 0 Å². The highest BCUT2D eigenvalue weighted by Gasteiger charge is 2.54. The van der Waals surface area contributed by atoms with Crippen LogP contribution in [0.15, 0.2) is 24.3 Å². The van der Waals surface area contributed by atoms with Crippen molar-refractivity contribution in [3.05, 3.63) is 24.3 Å². The van der Waals surface area contributed by atoms with E-state index in [1.54, 1.807) is 13.8 Å². The van der Waals surface area contributed by atoms with Gasteiger partial charge >= 0.3 is 11.9 Å². The molecule has 7 nitrogen and oxygen atoms in total. The predicted octanol–water partition coefficient (Wildman–Crippen LogP) is 8.72. The van der Waals surface area contributed by atoms with E-state index in [0.29, 0.717) is 24.4 Å². The average Bonchev–Trinajstić information content (AvgIpc) is 2.82. The molecule has 0 aliphatic carbocycles. The molecule has 0 heterocycles. The van der Waals surface area contributed by atoms with Crippen molar-refractivity contribution < 1.29 is 32.3 Å². The molecule has 0 aromatic heterocycles. The number of hydrogen-bond acceptors (Lipinski definition) is 7. The van der Waals surface area contributed by atoms with Gasteiger partial charge in [-0.15, -0.1) is 0 Å². The molecule has 1 atom stereocenters. The zero-order valence-corrected chi connectivity index (χ0v) is 35.7. The Morgan fingerprint density at radius 1 is 0.682 bits per heavy atom. The molecule has 11 heteroatoms. The molecule has 44 heavy (non-hydrogen) atoms. The van der Waals surface area contributed by atoms with Crippen LogP contribution >= 0.6 is 0 Å². The van der Waals surface area contributed by atoms with Crippen LogP contribution in [0.25, 0.3) is 0 Å². The summed E-state index contributed by atoms with van der Waals surface area (Å²) in [7, 11) is -8.11. The van der Waals surface area contributed by atoms with Crippen molar-refractivity contribution in [3.8, 4) is 0 Å². The van der Waals surface area contributed by atoms with Crippen molar-refractivity contribution in [1.82, 2.24) is 0 Å². The zero-order chi connectivity index (χ0) is 35.2. The number of hydrogen-bond donors (Lipinski definition) is 0. The molecule has 0 aromatic rings. The third-order valence-electron chi connectivity index (χ3n) is 10.2. The molecule has 0 aromatic carbocycles. The Kier molecular flexibility index (Phi) is 15.5. The fourth-order valence-electron chi connectivity index (χ4n) is 4.88. The Balaban J connectivity index is 5.52. The normalized spacial score (nSPS) is 14.7. The Labute approximate surface area is 275 Å². The van der Waals surface area contributed by atoms with E-state index < -0.39 is 44.6 Å². The van der Waals surface area contributed by atoms with E-state index >= 15 is 0 Å². The van der Waals surface area contributed by atoms with Gasteiger partial charge in [-0.05, 0) is 107 Å². The minimum Gasteiger partial charge on any atom is -0.462 e. The summed E-state index contributed by atoms with van der Waals surface area (Å²) < 4.78 is 31.9. The second-order valence-corrected chi connectivity index (χ2v) is 33.5. The number of carbonyl (C=O) groups is 2. The summed E-state index contributed by atoms with van der Waals surface area (Å²) >= 11 is 0. The molecular weight excluding hydrogens is 621 g/mol. The lowest BCUT2D eigenvalue weighted by molar-refractivity contribution is -0.139. The van der Waals surface area contributed by atoms with Gasteiger partial charge in [0, 0.05) is 21.4 Å². The maximum Gasteiger partial charge on any atom is 0.333 e. The summed E-state index contributed by atoms with van der Waals surface area (Å²) in [5.74, 6) is -0.660. The van der Waals surface area contributed by atoms with Gasteiger partial charge in [-0.2, -0.15) is 0 Å². The Bertz CT molecular complexity index is 1010. The fraction of sp³-hybridized carbons (Fsp3) is 0.818. The summed E-state index contributed by atoms with van der Waals surface area (Å²) in [6.07, 6.45) is 1.60. The quantitative estimate of drug-likeness (QED) is 0.0548. The lowest BCUT2D eigenvalue weighted by Gasteiger charge is -2.54. The van der Waals surface area contributed by atoms with Crippen LogP contribution in [0.3, 0.4) is 0 Å². The molecule has 1 unspecified atom stereocenters. The van der Waals surface area contributed by atoms with E-state index in [2.05, 4.69) is 114 Å². The van der Waals surface area contributed by atoms with Crippen molar-refractivity contribution in [2.24, 2.45) is 0 Å². The van der Waals surface area contributed by atoms with Crippen molar-refractivity contribution in [2.45, 2.75) is 161 Å². The fourth-order valence-corrected chi connectivity index (χ4v) is 16.7. The Hall–Kier alpha value is -0.832. The molecule has 0 spiro atoms. The van der Waals surface area contributed by atoms with E-state index in [0.717, 1.165) is 24.9 Å². The van der Waals surface area contributed by atoms with Gasteiger partial charge in [-0.25, -0.2) is 9.59 Å². The van der Waals surface area contributed by atoms with Gasteiger partial charge in [0.2, 0.25) is 8.32 Å². The first kappa shape index (κ1) is 43.2. The maximum absolute atomic E-state index is 11.8. The molecule has 0 radical (unpaired) electrons. The standard InChI is InChI=1S/C33H68O7Si4/c1-26(2)28(34)36-22-20-24-42(14,15)32(9,10)38-41(13)31(7,8)30(5,6)39-44(18,19)33(11,12)40-43(16,17)25-21-23-37-29(35)27(3)4/h41H,1,3,20-25H2,2,4-19H3.